The Labute approximate surface area is 74.9 Å². The second-order valence-electron chi connectivity index (χ2n) is 2.70. The van der Waals surface area contributed by atoms with Crippen molar-refractivity contribution in [1.82, 2.24) is 0 Å². The van der Waals surface area contributed by atoms with Crippen LogP contribution in [0.5, 0.6) is 0 Å². The van der Waals surface area contributed by atoms with Crippen LogP contribution >= 0.6 is 0 Å². The number of rotatable bonds is 5. The number of ether oxygens (including phenoxy) is 1. The molecule has 0 aliphatic heterocycles. The van der Waals surface area contributed by atoms with E-state index in [4.69, 9.17) is 9.84 Å². The molecule has 0 aromatic heterocycles. The van der Waals surface area contributed by atoms with E-state index in [1.54, 1.807) is 7.11 Å². The average molecular weight is 170 g/mol. The maximum atomic E-state index is 8.45. The molecule has 0 radical (unpaired) electrons. The third-order valence-corrected chi connectivity index (χ3v) is 1.70. The third kappa shape index (κ3) is 6.21. The van der Waals surface area contributed by atoms with Gasteiger partial charge in [-0.05, 0) is 12.8 Å². The van der Waals surface area contributed by atoms with Crippen LogP contribution in [0, 0.1) is 11.8 Å². The first kappa shape index (κ1) is 11.5. The van der Waals surface area contributed by atoms with Gasteiger partial charge in [0.2, 0.25) is 0 Å². The smallest absolute Gasteiger partial charge is 0.117 e. The summed E-state index contributed by atoms with van der Waals surface area (Å²) in [5, 5.41) is 8.45. The zero-order valence-electron chi connectivity index (χ0n) is 7.97. The van der Waals surface area contributed by atoms with Crippen molar-refractivity contribution in [3.63, 3.8) is 0 Å². The van der Waals surface area contributed by atoms with Gasteiger partial charge in [0.05, 0.1) is 0 Å². The summed E-state index contributed by atoms with van der Waals surface area (Å²) >= 11 is 0. The van der Waals surface area contributed by atoms with Gasteiger partial charge in [0, 0.05) is 7.11 Å². The Morgan fingerprint density at radius 2 is 2.17 bits per heavy atom. The van der Waals surface area contributed by atoms with E-state index in [2.05, 4.69) is 18.8 Å². The molecule has 0 saturated heterocycles. The van der Waals surface area contributed by atoms with Gasteiger partial charge in [0.15, 0.2) is 0 Å². The molecule has 0 amide bonds. The lowest BCUT2D eigenvalue weighted by Crippen LogP contribution is -2.07. The SMILES string of the molecule is CCCCCC(C#CCO)OC. The third-order valence-electron chi connectivity index (χ3n) is 1.70. The lowest BCUT2D eigenvalue weighted by atomic mass is 10.1. The minimum atomic E-state index is -0.0758. The Balaban J connectivity index is 3.53. The molecule has 1 N–H and O–H groups in total. The molecule has 12 heavy (non-hydrogen) atoms. The predicted octanol–water partition coefficient (Wildman–Crippen LogP) is 1.58. The lowest BCUT2D eigenvalue weighted by Gasteiger charge is -2.06. The fraction of sp³-hybridized carbons (Fsp3) is 0.800. The summed E-state index contributed by atoms with van der Waals surface area (Å²) in [6, 6.07) is 0. The number of aliphatic hydroxyl groups is 1. The molecule has 0 aromatic rings. The minimum Gasteiger partial charge on any atom is -0.384 e. The summed E-state index contributed by atoms with van der Waals surface area (Å²) in [4.78, 5) is 0. The molecule has 2 nitrogen and oxygen atoms in total. The van der Waals surface area contributed by atoms with Crippen molar-refractivity contribution in [1.29, 1.82) is 0 Å². The molecule has 0 rings (SSSR count). The van der Waals surface area contributed by atoms with E-state index < -0.39 is 0 Å². The van der Waals surface area contributed by atoms with Gasteiger partial charge >= 0.3 is 0 Å². The number of hydrogen-bond donors (Lipinski definition) is 1. The molecule has 0 aliphatic rings. The minimum absolute atomic E-state index is 0.00343. The zero-order valence-corrected chi connectivity index (χ0v) is 7.97. The van der Waals surface area contributed by atoms with Gasteiger partial charge in [-0.15, -0.1) is 0 Å². The highest BCUT2D eigenvalue weighted by Crippen LogP contribution is 2.04. The van der Waals surface area contributed by atoms with E-state index in [0.717, 1.165) is 12.8 Å². The summed E-state index contributed by atoms with van der Waals surface area (Å²) in [6.45, 7) is 2.09. The first-order valence-corrected chi connectivity index (χ1v) is 4.47. The molecular weight excluding hydrogens is 152 g/mol. The van der Waals surface area contributed by atoms with Gasteiger partial charge in [-0.3, -0.25) is 0 Å². The fourth-order valence-corrected chi connectivity index (χ4v) is 0.988. The second-order valence-corrected chi connectivity index (χ2v) is 2.70. The lowest BCUT2D eigenvalue weighted by molar-refractivity contribution is 0.138. The van der Waals surface area contributed by atoms with Crippen LogP contribution in [0.25, 0.3) is 0 Å². The first-order chi connectivity index (χ1) is 5.85. The molecule has 0 aliphatic carbocycles. The molecule has 0 spiro atoms. The van der Waals surface area contributed by atoms with Crippen LogP contribution in [0.4, 0.5) is 0 Å². The molecule has 0 heterocycles. The van der Waals surface area contributed by atoms with Crippen molar-refractivity contribution in [2.75, 3.05) is 13.7 Å². The molecule has 0 fully saturated rings. The largest absolute Gasteiger partial charge is 0.384 e. The fourth-order valence-electron chi connectivity index (χ4n) is 0.988. The topological polar surface area (TPSA) is 29.5 Å². The predicted molar refractivity (Wildman–Crippen MR) is 49.8 cm³/mol. The van der Waals surface area contributed by atoms with Crippen molar-refractivity contribution >= 4 is 0 Å². The standard InChI is InChI=1S/C10H18O2/c1-3-4-5-7-10(12-2)8-6-9-11/h10-11H,3-5,7,9H2,1-2H3. The van der Waals surface area contributed by atoms with Gasteiger partial charge < -0.3 is 9.84 Å². The highest BCUT2D eigenvalue weighted by Gasteiger charge is 2.00. The van der Waals surface area contributed by atoms with Crippen LogP contribution in [0.15, 0.2) is 0 Å². The maximum Gasteiger partial charge on any atom is 0.117 e. The monoisotopic (exact) mass is 170 g/mol. The second kappa shape index (κ2) is 8.58. The van der Waals surface area contributed by atoms with E-state index in [-0.39, 0.29) is 12.7 Å². The normalized spacial score (nSPS) is 11.9. The molecule has 0 aromatic carbocycles. The van der Waals surface area contributed by atoms with Gasteiger partial charge in [0.1, 0.15) is 12.7 Å². The van der Waals surface area contributed by atoms with Crippen molar-refractivity contribution < 1.29 is 9.84 Å². The first-order valence-electron chi connectivity index (χ1n) is 4.47. The Morgan fingerprint density at radius 1 is 1.42 bits per heavy atom. The average Bonchev–Trinajstić information content (AvgIpc) is 2.11. The van der Waals surface area contributed by atoms with Crippen LogP contribution in [0.2, 0.25) is 0 Å². The quantitative estimate of drug-likeness (QED) is 0.501. The zero-order chi connectivity index (χ0) is 9.23. The Hall–Kier alpha value is -0.520. The molecule has 0 bridgehead atoms. The van der Waals surface area contributed by atoms with E-state index in [1.165, 1.54) is 12.8 Å². The molecular formula is C10H18O2. The van der Waals surface area contributed by atoms with Crippen molar-refractivity contribution in [2.24, 2.45) is 0 Å². The van der Waals surface area contributed by atoms with Gasteiger partial charge in [0.25, 0.3) is 0 Å². The van der Waals surface area contributed by atoms with Crippen LogP contribution in [-0.2, 0) is 4.74 Å². The Bertz CT molecular complexity index is 144. The highest BCUT2D eigenvalue weighted by molar-refractivity contribution is 5.04. The van der Waals surface area contributed by atoms with Gasteiger partial charge in [-0.25, -0.2) is 0 Å². The van der Waals surface area contributed by atoms with Crippen molar-refractivity contribution in [3.05, 3.63) is 0 Å². The van der Waals surface area contributed by atoms with E-state index in [0.29, 0.717) is 0 Å². The number of aliphatic hydroxyl groups excluding tert-OH is 1. The Kier molecular flexibility index (Phi) is 8.20. The summed E-state index contributed by atoms with van der Waals surface area (Å²) in [7, 11) is 1.66. The van der Waals surface area contributed by atoms with E-state index in [9.17, 15) is 0 Å². The molecule has 1 atom stereocenters. The van der Waals surface area contributed by atoms with E-state index in [1.807, 2.05) is 0 Å². The summed E-state index contributed by atoms with van der Waals surface area (Å²) in [5.41, 5.74) is 0. The summed E-state index contributed by atoms with van der Waals surface area (Å²) < 4.78 is 5.11. The number of unbranched alkanes of at least 4 members (excludes halogenated alkanes) is 2. The van der Waals surface area contributed by atoms with Crippen molar-refractivity contribution in [2.45, 2.75) is 38.7 Å². The maximum absolute atomic E-state index is 8.45. The molecule has 0 saturated carbocycles. The molecule has 1 unspecified atom stereocenters. The van der Waals surface area contributed by atoms with Crippen molar-refractivity contribution in [3.8, 4) is 11.8 Å². The summed E-state index contributed by atoms with van der Waals surface area (Å²) in [5.74, 6) is 5.46. The highest BCUT2D eigenvalue weighted by atomic mass is 16.5. The van der Waals surface area contributed by atoms with Gasteiger partial charge in [-0.1, -0.05) is 31.6 Å². The molecule has 2 heteroatoms. The molecule has 70 valence electrons. The van der Waals surface area contributed by atoms with Gasteiger partial charge in [-0.2, -0.15) is 0 Å². The van der Waals surface area contributed by atoms with Crippen LogP contribution in [0.1, 0.15) is 32.6 Å². The Morgan fingerprint density at radius 3 is 2.67 bits per heavy atom. The summed E-state index contributed by atoms with van der Waals surface area (Å²) in [6.07, 6.45) is 4.56. The van der Waals surface area contributed by atoms with E-state index >= 15 is 0 Å². The number of methoxy groups -OCH3 is 1. The van der Waals surface area contributed by atoms with Crippen LogP contribution < -0.4 is 0 Å². The van der Waals surface area contributed by atoms with Crippen LogP contribution in [0.3, 0.4) is 0 Å². The number of hydrogen-bond acceptors (Lipinski definition) is 2. The van der Waals surface area contributed by atoms with Crippen LogP contribution in [-0.4, -0.2) is 24.9 Å².